The summed E-state index contributed by atoms with van der Waals surface area (Å²) in [4.78, 5) is 15.4. The molecule has 82 valence electrons. The number of rotatable bonds is 4. The maximum atomic E-state index is 11.3. The monoisotopic (exact) mass is 227 g/mol. The average Bonchev–Trinajstić information content (AvgIpc) is 2.24. The zero-order valence-electron chi connectivity index (χ0n) is 8.92. The molecule has 0 saturated heterocycles. The fraction of sp³-hybridized carbons (Fsp3) is 0.455. The van der Waals surface area contributed by atoms with Crippen molar-refractivity contribution < 1.29 is 9.53 Å². The summed E-state index contributed by atoms with van der Waals surface area (Å²) < 4.78 is 4.63. The second-order valence-electron chi connectivity index (χ2n) is 3.27. The van der Waals surface area contributed by atoms with Gasteiger partial charge < -0.3 is 4.74 Å². The van der Waals surface area contributed by atoms with Crippen LogP contribution in [0.4, 0.5) is 0 Å². The molecule has 4 heteroatoms. The van der Waals surface area contributed by atoms with Gasteiger partial charge in [0.25, 0.3) is 0 Å². The lowest BCUT2D eigenvalue weighted by Crippen LogP contribution is -2.03. The molecular formula is C11H14ClNO2. The van der Waals surface area contributed by atoms with E-state index in [1.807, 2.05) is 0 Å². The van der Waals surface area contributed by atoms with Crippen LogP contribution in [0.2, 0.25) is 5.15 Å². The van der Waals surface area contributed by atoms with E-state index in [1.165, 1.54) is 13.2 Å². The summed E-state index contributed by atoms with van der Waals surface area (Å²) in [7, 11) is 1.35. The summed E-state index contributed by atoms with van der Waals surface area (Å²) in [6.45, 7) is 2.10. The van der Waals surface area contributed by atoms with Crippen LogP contribution in [0.3, 0.4) is 0 Å². The van der Waals surface area contributed by atoms with Gasteiger partial charge in [-0.15, -0.1) is 0 Å². The Hall–Kier alpha value is -1.09. The van der Waals surface area contributed by atoms with Crippen molar-refractivity contribution in [2.75, 3.05) is 7.11 Å². The maximum Gasteiger partial charge on any atom is 0.338 e. The number of carbonyl (C=O) groups is 1. The zero-order valence-corrected chi connectivity index (χ0v) is 9.67. The van der Waals surface area contributed by atoms with Crippen molar-refractivity contribution in [3.8, 4) is 0 Å². The van der Waals surface area contributed by atoms with Gasteiger partial charge in [-0.2, -0.15) is 0 Å². The molecule has 0 spiro atoms. The molecule has 0 radical (unpaired) electrons. The van der Waals surface area contributed by atoms with Crippen molar-refractivity contribution in [2.24, 2.45) is 0 Å². The van der Waals surface area contributed by atoms with Gasteiger partial charge >= 0.3 is 5.97 Å². The third-order valence-corrected chi connectivity index (χ3v) is 2.25. The number of hydrogen-bond acceptors (Lipinski definition) is 3. The van der Waals surface area contributed by atoms with Crippen molar-refractivity contribution >= 4 is 17.6 Å². The van der Waals surface area contributed by atoms with Gasteiger partial charge in [0.2, 0.25) is 0 Å². The average molecular weight is 228 g/mol. The first-order valence-corrected chi connectivity index (χ1v) is 5.30. The molecule has 0 aliphatic heterocycles. The van der Waals surface area contributed by atoms with E-state index in [9.17, 15) is 4.79 Å². The molecule has 0 unspecified atom stereocenters. The molecule has 0 aliphatic carbocycles. The van der Waals surface area contributed by atoms with Crippen molar-refractivity contribution in [1.82, 2.24) is 4.98 Å². The highest BCUT2D eigenvalue weighted by atomic mass is 35.5. The number of hydrogen-bond donors (Lipinski definition) is 0. The quantitative estimate of drug-likeness (QED) is 0.587. The Morgan fingerprint density at radius 3 is 2.87 bits per heavy atom. The van der Waals surface area contributed by atoms with E-state index in [2.05, 4.69) is 16.6 Å². The number of aromatic nitrogens is 1. The molecule has 15 heavy (non-hydrogen) atoms. The van der Waals surface area contributed by atoms with Gasteiger partial charge in [-0.05, 0) is 25.0 Å². The SMILES string of the molecule is CCCCc1cc(C(=O)OC)cc(Cl)n1. The van der Waals surface area contributed by atoms with Crippen LogP contribution in [-0.2, 0) is 11.2 Å². The molecule has 0 amide bonds. The Morgan fingerprint density at radius 2 is 2.27 bits per heavy atom. The first-order chi connectivity index (χ1) is 7.17. The summed E-state index contributed by atoms with van der Waals surface area (Å²) in [5.41, 5.74) is 1.30. The van der Waals surface area contributed by atoms with E-state index in [1.54, 1.807) is 6.07 Å². The molecule has 0 aliphatic rings. The molecule has 0 N–H and O–H groups in total. The van der Waals surface area contributed by atoms with Gasteiger partial charge in [0.05, 0.1) is 12.7 Å². The lowest BCUT2D eigenvalue weighted by molar-refractivity contribution is 0.0600. The minimum Gasteiger partial charge on any atom is -0.465 e. The number of aryl methyl sites for hydroxylation is 1. The summed E-state index contributed by atoms with van der Waals surface area (Å²) >= 11 is 5.81. The van der Waals surface area contributed by atoms with Gasteiger partial charge in [0.15, 0.2) is 0 Å². The fourth-order valence-corrected chi connectivity index (χ4v) is 1.50. The number of nitrogens with zero attached hydrogens (tertiary/aromatic N) is 1. The minimum absolute atomic E-state index is 0.337. The molecule has 1 aromatic heterocycles. The second kappa shape index (κ2) is 5.71. The number of halogens is 1. The highest BCUT2D eigenvalue weighted by Crippen LogP contribution is 2.13. The van der Waals surface area contributed by atoms with E-state index in [0.29, 0.717) is 10.7 Å². The number of methoxy groups -OCH3 is 1. The smallest absolute Gasteiger partial charge is 0.338 e. The Bertz CT molecular complexity index is 352. The number of pyridine rings is 1. The van der Waals surface area contributed by atoms with E-state index < -0.39 is 0 Å². The van der Waals surface area contributed by atoms with Gasteiger partial charge in [-0.25, -0.2) is 9.78 Å². The van der Waals surface area contributed by atoms with E-state index in [4.69, 9.17) is 11.6 Å². The van der Waals surface area contributed by atoms with Crippen molar-refractivity contribution in [1.29, 1.82) is 0 Å². The second-order valence-corrected chi connectivity index (χ2v) is 3.65. The Labute approximate surface area is 94.4 Å². The Kier molecular flexibility index (Phi) is 4.56. The van der Waals surface area contributed by atoms with Crippen molar-refractivity contribution in [2.45, 2.75) is 26.2 Å². The van der Waals surface area contributed by atoms with Crippen LogP contribution >= 0.6 is 11.6 Å². The molecule has 0 fully saturated rings. The summed E-state index contributed by atoms with van der Waals surface area (Å²) in [6.07, 6.45) is 2.96. The highest BCUT2D eigenvalue weighted by Gasteiger charge is 2.08. The largest absolute Gasteiger partial charge is 0.465 e. The third-order valence-electron chi connectivity index (χ3n) is 2.05. The summed E-state index contributed by atoms with van der Waals surface area (Å²) in [5.74, 6) is -0.378. The Morgan fingerprint density at radius 1 is 1.53 bits per heavy atom. The van der Waals surface area contributed by atoms with Gasteiger partial charge in [0.1, 0.15) is 5.15 Å². The van der Waals surface area contributed by atoms with Gasteiger partial charge in [-0.1, -0.05) is 24.9 Å². The molecule has 1 rings (SSSR count). The molecule has 0 atom stereocenters. The predicted molar refractivity (Wildman–Crippen MR) is 59.2 cm³/mol. The standard InChI is InChI=1S/C11H14ClNO2/c1-3-4-5-9-6-8(11(14)15-2)7-10(12)13-9/h6-7H,3-5H2,1-2H3. The first kappa shape index (κ1) is 12.0. The minimum atomic E-state index is -0.378. The van der Waals surface area contributed by atoms with Crippen LogP contribution < -0.4 is 0 Å². The molecular weight excluding hydrogens is 214 g/mol. The molecule has 0 aromatic carbocycles. The zero-order chi connectivity index (χ0) is 11.3. The van der Waals surface area contributed by atoms with Crippen LogP contribution in [0.1, 0.15) is 35.8 Å². The molecule has 1 aromatic rings. The van der Waals surface area contributed by atoms with E-state index in [-0.39, 0.29) is 5.97 Å². The highest BCUT2D eigenvalue weighted by molar-refractivity contribution is 6.29. The van der Waals surface area contributed by atoms with Crippen LogP contribution in [0.5, 0.6) is 0 Å². The van der Waals surface area contributed by atoms with E-state index in [0.717, 1.165) is 25.0 Å². The molecule has 1 heterocycles. The summed E-state index contributed by atoms with van der Waals surface area (Å²) in [6, 6.07) is 3.25. The predicted octanol–water partition coefficient (Wildman–Crippen LogP) is 2.86. The third kappa shape index (κ3) is 3.51. The van der Waals surface area contributed by atoms with Gasteiger partial charge in [-0.3, -0.25) is 0 Å². The molecule has 0 saturated carbocycles. The van der Waals surface area contributed by atoms with Gasteiger partial charge in [0, 0.05) is 5.69 Å². The number of esters is 1. The fourth-order valence-electron chi connectivity index (χ4n) is 1.27. The first-order valence-electron chi connectivity index (χ1n) is 4.92. The van der Waals surface area contributed by atoms with Crippen LogP contribution in [0, 0.1) is 0 Å². The molecule has 0 bridgehead atoms. The van der Waals surface area contributed by atoms with E-state index >= 15 is 0 Å². The number of unbranched alkanes of at least 4 members (excludes halogenated alkanes) is 1. The van der Waals surface area contributed by atoms with Crippen molar-refractivity contribution in [3.63, 3.8) is 0 Å². The maximum absolute atomic E-state index is 11.3. The van der Waals surface area contributed by atoms with Crippen LogP contribution in [-0.4, -0.2) is 18.1 Å². The van der Waals surface area contributed by atoms with Crippen molar-refractivity contribution in [3.05, 3.63) is 28.5 Å². The molecule has 3 nitrogen and oxygen atoms in total. The topological polar surface area (TPSA) is 39.2 Å². The lowest BCUT2D eigenvalue weighted by Gasteiger charge is -2.03. The summed E-state index contributed by atoms with van der Waals surface area (Å²) in [5, 5.41) is 0.337. The Balaban J connectivity index is 2.89. The lowest BCUT2D eigenvalue weighted by atomic mass is 10.1. The normalized spacial score (nSPS) is 10.1. The number of carbonyl (C=O) groups excluding carboxylic acids is 1. The van der Waals surface area contributed by atoms with Crippen LogP contribution in [0.25, 0.3) is 0 Å². The van der Waals surface area contributed by atoms with Crippen LogP contribution in [0.15, 0.2) is 12.1 Å². The number of ether oxygens (including phenoxy) is 1.